The number of fused-ring (bicyclic) bond motifs is 1. The van der Waals surface area contributed by atoms with E-state index in [4.69, 9.17) is 14.3 Å². The first-order chi connectivity index (χ1) is 9.65. The van der Waals surface area contributed by atoms with Crippen LogP contribution in [-0.2, 0) is 0 Å². The normalized spacial score (nSPS) is 22.9. The highest BCUT2D eigenvalue weighted by Gasteiger charge is 2.30. The number of likely N-dealkylation sites (tertiary alicyclic amines) is 1. The van der Waals surface area contributed by atoms with E-state index in [1.54, 1.807) is 12.3 Å². The van der Waals surface area contributed by atoms with Crippen LogP contribution in [0.5, 0.6) is 5.75 Å². The first kappa shape index (κ1) is 12.7. The molecule has 1 fully saturated rings. The molecule has 0 spiro atoms. The first-order valence-electron chi connectivity index (χ1n) is 6.49. The summed E-state index contributed by atoms with van der Waals surface area (Å²) in [6, 6.07) is 1.74. The molecule has 1 amide bonds. The number of oxazole rings is 1. The van der Waals surface area contributed by atoms with E-state index in [0.29, 0.717) is 23.5 Å². The molecule has 0 aromatic carbocycles. The summed E-state index contributed by atoms with van der Waals surface area (Å²) in [6.45, 7) is 2.27. The molecule has 1 aliphatic heterocycles. The molecule has 3 rings (SSSR count). The molecule has 0 radical (unpaired) electrons. The summed E-state index contributed by atoms with van der Waals surface area (Å²) in [5.74, 6) is 0.577. The van der Waals surface area contributed by atoms with Gasteiger partial charge in [0.25, 0.3) is 5.71 Å². The van der Waals surface area contributed by atoms with Crippen LogP contribution >= 0.6 is 0 Å². The second-order valence-electron chi connectivity index (χ2n) is 4.92. The van der Waals surface area contributed by atoms with Crippen LogP contribution in [0.4, 0.5) is 4.79 Å². The molecule has 7 nitrogen and oxygen atoms in total. The minimum Gasteiger partial charge on any atom is -0.486 e. The van der Waals surface area contributed by atoms with Crippen molar-refractivity contribution in [3.63, 3.8) is 0 Å². The minimum absolute atomic E-state index is 0.0249. The van der Waals surface area contributed by atoms with Crippen LogP contribution in [0.25, 0.3) is 11.2 Å². The number of aromatic nitrogens is 2. The molecule has 7 heteroatoms. The largest absolute Gasteiger partial charge is 0.486 e. The van der Waals surface area contributed by atoms with Crippen LogP contribution in [0.3, 0.4) is 0 Å². The Balaban J connectivity index is 1.78. The fourth-order valence-electron chi connectivity index (χ4n) is 2.46. The molecule has 1 aliphatic rings. The quantitative estimate of drug-likeness (QED) is 0.904. The molecule has 1 N–H and O–H groups in total. The maximum absolute atomic E-state index is 11.2. The van der Waals surface area contributed by atoms with Gasteiger partial charge in [0.15, 0.2) is 17.7 Å². The summed E-state index contributed by atoms with van der Waals surface area (Å²) in [6.07, 6.45) is 3.41. The summed E-state index contributed by atoms with van der Waals surface area (Å²) >= 11 is 0. The van der Waals surface area contributed by atoms with E-state index in [1.165, 1.54) is 11.3 Å². The van der Waals surface area contributed by atoms with E-state index in [-0.39, 0.29) is 12.1 Å². The van der Waals surface area contributed by atoms with Gasteiger partial charge in [0.1, 0.15) is 6.10 Å². The van der Waals surface area contributed by atoms with Gasteiger partial charge in [0.2, 0.25) is 0 Å². The van der Waals surface area contributed by atoms with Crippen molar-refractivity contribution in [1.29, 1.82) is 0 Å². The van der Waals surface area contributed by atoms with Crippen molar-refractivity contribution in [2.45, 2.75) is 31.9 Å². The van der Waals surface area contributed by atoms with Crippen LogP contribution < -0.4 is 4.74 Å². The van der Waals surface area contributed by atoms with Crippen molar-refractivity contribution >= 4 is 17.3 Å². The van der Waals surface area contributed by atoms with Gasteiger partial charge in [-0.3, -0.25) is 0 Å². The van der Waals surface area contributed by atoms with E-state index >= 15 is 0 Å². The van der Waals surface area contributed by atoms with Crippen molar-refractivity contribution in [3.8, 4) is 5.75 Å². The highest BCUT2D eigenvalue weighted by Crippen LogP contribution is 2.26. The van der Waals surface area contributed by atoms with Crippen molar-refractivity contribution in [3.05, 3.63) is 18.7 Å². The van der Waals surface area contributed by atoms with E-state index in [2.05, 4.69) is 9.97 Å². The predicted octanol–water partition coefficient (Wildman–Crippen LogP) is 2.13. The highest BCUT2D eigenvalue weighted by molar-refractivity contribution is 5.75. The van der Waals surface area contributed by atoms with E-state index in [0.717, 1.165) is 12.8 Å². The van der Waals surface area contributed by atoms with E-state index < -0.39 is 6.09 Å². The number of piperidine rings is 1. The molecular weight excluding hydrogens is 262 g/mol. The Morgan fingerprint density at radius 1 is 1.50 bits per heavy atom. The molecule has 1 saturated heterocycles. The Kier molecular flexibility index (Phi) is 3.17. The molecular formula is C13H15N3O4. The van der Waals surface area contributed by atoms with Crippen molar-refractivity contribution < 1.29 is 19.1 Å². The van der Waals surface area contributed by atoms with Crippen LogP contribution in [0.1, 0.15) is 19.8 Å². The zero-order valence-electron chi connectivity index (χ0n) is 11.0. The predicted molar refractivity (Wildman–Crippen MR) is 69.6 cm³/mol. The number of amides is 1. The van der Waals surface area contributed by atoms with Crippen LogP contribution in [0.2, 0.25) is 0 Å². The molecule has 2 aromatic rings. The standard InChI is InChI=1S/C13H15N3O4/c1-8-2-3-9(6-16(8)13(17)18)20-10-4-5-14-12-11(10)15-7-19-12/h4-5,7-9H,2-3,6H2,1H3,(H,17,18). The summed E-state index contributed by atoms with van der Waals surface area (Å²) in [5, 5.41) is 9.16. The Labute approximate surface area is 115 Å². The summed E-state index contributed by atoms with van der Waals surface area (Å²) < 4.78 is 11.0. The van der Waals surface area contributed by atoms with Crippen molar-refractivity contribution in [2.75, 3.05) is 6.54 Å². The molecule has 0 aliphatic carbocycles. The van der Waals surface area contributed by atoms with Gasteiger partial charge in [-0.25, -0.2) is 14.8 Å². The number of hydrogen-bond acceptors (Lipinski definition) is 5. The van der Waals surface area contributed by atoms with Crippen LogP contribution in [-0.4, -0.2) is 44.8 Å². The van der Waals surface area contributed by atoms with E-state index in [1.807, 2.05) is 6.92 Å². The summed E-state index contributed by atoms with van der Waals surface area (Å²) in [4.78, 5) is 20.7. The van der Waals surface area contributed by atoms with Gasteiger partial charge in [-0.15, -0.1) is 0 Å². The lowest BCUT2D eigenvalue weighted by Crippen LogP contribution is -2.48. The number of ether oxygens (including phenoxy) is 1. The van der Waals surface area contributed by atoms with Gasteiger partial charge in [-0.05, 0) is 19.8 Å². The molecule has 20 heavy (non-hydrogen) atoms. The fraction of sp³-hybridized carbons (Fsp3) is 0.462. The smallest absolute Gasteiger partial charge is 0.407 e. The number of carbonyl (C=O) groups is 1. The average Bonchev–Trinajstić information content (AvgIpc) is 2.90. The molecule has 2 unspecified atom stereocenters. The van der Waals surface area contributed by atoms with Gasteiger partial charge in [-0.1, -0.05) is 0 Å². The van der Waals surface area contributed by atoms with E-state index in [9.17, 15) is 4.79 Å². The molecule has 2 aromatic heterocycles. The first-order valence-corrected chi connectivity index (χ1v) is 6.49. The fourth-order valence-corrected chi connectivity index (χ4v) is 2.46. The summed E-state index contributed by atoms with van der Waals surface area (Å²) in [5.41, 5.74) is 0.981. The molecule has 3 heterocycles. The number of pyridine rings is 1. The minimum atomic E-state index is -0.910. The number of hydrogen-bond donors (Lipinski definition) is 1. The Morgan fingerprint density at radius 3 is 3.15 bits per heavy atom. The molecule has 106 valence electrons. The molecule has 0 saturated carbocycles. The molecule has 2 atom stereocenters. The second kappa shape index (κ2) is 4.99. The third-order valence-corrected chi connectivity index (χ3v) is 3.58. The lowest BCUT2D eigenvalue weighted by atomic mass is 10.0. The zero-order chi connectivity index (χ0) is 14.1. The maximum Gasteiger partial charge on any atom is 0.407 e. The monoisotopic (exact) mass is 277 g/mol. The third-order valence-electron chi connectivity index (χ3n) is 3.58. The molecule has 0 bridgehead atoms. The van der Waals surface area contributed by atoms with Gasteiger partial charge in [0, 0.05) is 18.3 Å². The number of carboxylic acid groups (broad SMARTS) is 1. The van der Waals surface area contributed by atoms with Crippen LogP contribution in [0.15, 0.2) is 23.1 Å². The lowest BCUT2D eigenvalue weighted by Gasteiger charge is -2.35. The number of rotatable bonds is 2. The maximum atomic E-state index is 11.2. The van der Waals surface area contributed by atoms with Crippen molar-refractivity contribution in [1.82, 2.24) is 14.9 Å². The van der Waals surface area contributed by atoms with Gasteiger partial charge in [-0.2, -0.15) is 0 Å². The van der Waals surface area contributed by atoms with Gasteiger partial charge in [0.05, 0.1) is 6.54 Å². The van der Waals surface area contributed by atoms with Gasteiger partial charge < -0.3 is 19.2 Å². The summed E-state index contributed by atoms with van der Waals surface area (Å²) in [7, 11) is 0. The Morgan fingerprint density at radius 2 is 2.35 bits per heavy atom. The zero-order valence-corrected chi connectivity index (χ0v) is 11.0. The average molecular weight is 277 g/mol. The van der Waals surface area contributed by atoms with Crippen molar-refractivity contribution in [2.24, 2.45) is 0 Å². The third kappa shape index (κ3) is 2.26. The topological polar surface area (TPSA) is 88.7 Å². The lowest BCUT2D eigenvalue weighted by molar-refractivity contribution is 0.0546. The highest BCUT2D eigenvalue weighted by atomic mass is 16.5. The van der Waals surface area contributed by atoms with Crippen LogP contribution in [0, 0.1) is 0 Å². The number of nitrogens with zero attached hydrogens (tertiary/aromatic N) is 3. The Bertz CT molecular complexity index is 627. The second-order valence-corrected chi connectivity index (χ2v) is 4.92. The SMILES string of the molecule is CC1CCC(Oc2ccnc3ocnc23)CN1C(=O)O. The van der Waals surface area contributed by atoms with Gasteiger partial charge >= 0.3 is 6.09 Å². The Hall–Kier alpha value is -2.31.